The molecule has 238 valence electrons. The van der Waals surface area contributed by atoms with Crippen molar-refractivity contribution in [2.24, 2.45) is 11.3 Å². The Hall–Kier alpha value is -3.84. The van der Waals surface area contributed by atoms with Crippen LogP contribution in [0.25, 0.3) is 21.6 Å². The van der Waals surface area contributed by atoms with Gasteiger partial charge in [-0.3, -0.25) is 19.1 Å². The van der Waals surface area contributed by atoms with Crippen LogP contribution in [0.1, 0.15) is 52.9 Å². The van der Waals surface area contributed by atoms with E-state index in [0.717, 1.165) is 4.88 Å². The summed E-state index contributed by atoms with van der Waals surface area (Å²) in [5, 5.41) is 4.17. The third kappa shape index (κ3) is 6.46. The Bertz CT molecular complexity index is 1770. The first-order chi connectivity index (χ1) is 21.3. The van der Waals surface area contributed by atoms with E-state index in [9.17, 15) is 22.8 Å². The van der Waals surface area contributed by atoms with Crippen LogP contribution in [0.5, 0.6) is 5.88 Å². The maximum atomic E-state index is 13.9. The van der Waals surface area contributed by atoms with Crippen molar-refractivity contribution in [2.75, 3.05) is 6.54 Å². The lowest BCUT2D eigenvalue weighted by Crippen LogP contribution is -2.56. The van der Waals surface area contributed by atoms with Gasteiger partial charge in [0, 0.05) is 18.8 Å². The maximum absolute atomic E-state index is 13.9. The Balaban J connectivity index is 1.27. The first kappa shape index (κ1) is 31.2. The molecule has 1 aromatic carbocycles. The van der Waals surface area contributed by atoms with Crippen LogP contribution in [-0.2, 0) is 24.4 Å². The number of aromatic nitrogens is 2. The maximum Gasteiger partial charge on any atom is 0.259 e. The zero-order valence-electron chi connectivity index (χ0n) is 25.5. The molecule has 2 N–H and O–H groups in total. The number of para-hydroxylation sites is 2. The second-order valence-corrected chi connectivity index (χ2v) is 16.2. The zero-order chi connectivity index (χ0) is 32.1. The molecule has 0 spiro atoms. The standard InChI is InChI=1S/C32H37N5O6S2/c1-5-19-16-32(19,30(40)36-45(41,42)21-12-13-21)35-28(39)24-15-20(18-37(24)26(38)17-31(2,3)4)43-29-27(25-11-8-14-44-25)33-22-9-6-7-10-23(22)34-29/h5-11,14,19-21,24H,1,12-13,15-18H2,2-4H3,(H,35,39)(H,36,40)/t19-,20-,24+,32-/m1/s1. The number of nitrogens with zero attached hydrogens (tertiary/aromatic N) is 3. The molecule has 1 aliphatic heterocycles. The molecular formula is C32H37N5O6S2. The van der Waals surface area contributed by atoms with E-state index in [1.54, 1.807) is 0 Å². The minimum atomic E-state index is -3.82. The molecule has 0 radical (unpaired) electrons. The van der Waals surface area contributed by atoms with Crippen molar-refractivity contribution in [3.63, 3.8) is 0 Å². The van der Waals surface area contributed by atoms with Gasteiger partial charge in [-0.1, -0.05) is 45.0 Å². The van der Waals surface area contributed by atoms with Crippen molar-refractivity contribution in [3.05, 3.63) is 54.4 Å². The predicted octanol–water partition coefficient (Wildman–Crippen LogP) is 3.81. The molecule has 2 saturated carbocycles. The summed E-state index contributed by atoms with van der Waals surface area (Å²) in [5.41, 5.74) is 0.153. The Morgan fingerprint density at radius 3 is 2.44 bits per heavy atom. The number of thiophene rings is 1. The third-order valence-electron chi connectivity index (χ3n) is 8.39. The van der Waals surface area contributed by atoms with E-state index in [2.05, 4.69) is 16.6 Å². The minimum Gasteiger partial charge on any atom is -0.471 e. The number of hydrogen-bond acceptors (Lipinski definition) is 9. The zero-order valence-corrected chi connectivity index (χ0v) is 27.1. The highest BCUT2D eigenvalue weighted by Crippen LogP contribution is 2.45. The highest BCUT2D eigenvalue weighted by atomic mass is 32.2. The van der Waals surface area contributed by atoms with Gasteiger partial charge in [-0.05, 0) is 48.3 Å². The average molecular weight is 652 g/mol. The number of carbonyl (C=O) groups excluding carboxylic acids is 3. The topological polar surface area (TPSA) is 148 Å². The van der Waals surface area contributed by atoms with Crippen LogP contribution >= 0.6 is 11.3 Å². The average Bonchev–Trinajstić information content (AvgIpc) is 3.85. The monoisotopic (exact) mass is 651 g/mol. The summed E-state index contributed by atoms with van der Waals surface area (Å²) in [5.74, 6) is -1.68. The second kappa shape index (κ2) is 11.5. The van der Waals surface area contributed by atoms with E-state index in [-0.39, 0.29) is 37.1 Å². The summed E-state index contributed by atoms with van der Waals surface area (Å²) in [6.45, 7) is 9.73. The molecular weight excluding hydrogens is 615 g/mol. The lowest BCUT2D eigenvalue weighted by molar-refractivity contribution is -0.141. The van der Waals surface area contributed by atoms with E-state index in [4.69, 9.17) is 14.7 Å². The molecule has 11 nitrogen and oxygen atoms in total. The number of amides is 3. The fraction of sp³-hybridized carbons (Fsp3) is 0.469. The van der Waals surface area contributed by atoms with Gasteiger partial charge >= 0.3 is 0 Å². The number of likely N-dealkylation sites (tertiary alicyclic amines) is 1. The van der Waals surface area contributed by atoms with Gasteiger partial charge in [0.2, 0.25) is 27.7 Å². The van der Waals surface area contributed by atoms with E-state index in [1.165, 1.54) is 22.3 Å². The minimum absolute atomic E-state index is 0.130. The van der Waals surface area contributed by atoms with E-state index in [0.29, 0.717) is 35.4 Å². The summed E-state index contributed by atoms with van der Waals surface area (Å²) < 4.78 is 33.7. The summed E-state index contributed by atoms with van der Waals surface area (Å²) >= 11 is 1.50. The van der Waals surface area contributed by atoms with E-state index >= 15 is 0 Å². The number of sulfonamides is 1. The lowest BCUT2D eigenvalue weighted by Gasteiger charge is -2.28. The predicted molar refractivity (Wildman–Crippen MR) is 171 cm³/mol. The smallest absolute Gasteiger partial charge is 0.259 e. The molecule has 45 heavy (non-hydrogen) atoms. The van der Waals surface area contributed by atoms with Gasteiger partial charge in [0.05, 0.1) is 27.7 Å². The summed E-state index contributed by atoms with van der Waals surface area (Å²) in [7, 11) is -3.82. The Morgan fingerprint density at radius 1 is 1.13 bits per heavy atom. The van der Waals surface area contributed by atoms with Gasteiger partial charge in [0.25, 0.3) is 5.91 Å². The van der Waals surface area contributed by atoms with E-state index in [1.807, 2.05) is 62.5 Å². The summed E-state index contributed by atoms with van der Waals surface area (Å²) in [6, 6.07) is 10.4. The molecule has 3 fully saturated rings. The van der Waals surface area contributed by atoms with Gasteiger partial charge in [-0.25, -0.2) is 18.4 Å². The Morgan fingerprint density at radius 2 is 1.84 bits per heavy atom. The lowest BCUT2D eigenvalue weighted by atomic mass is 9.91. The molecule has 13 heteroatoms. The van der Waals surface area contributed by atoms with Crippen molar-refractivity contribution in [1.82, 2.24) is 24.9 Å². The first-order valence-electron chi connectivity index (χ1n) is 15.1. The molecule has 1 saturated heterocycles. The fourth-order valence-corrected chi connectivity index (χ4v) is 7.85. The molecule has 2 aliphatic carbocycles. The number of hydrogen-bond donors (Lipinski definition) is 2. The number of nitrogens with one attached hydrogen (secondary N) is 2. The van der Waals surface area contributed by atoms with Gasteiger partial charge in [0.1, 0.15) is 23.4 Å². The normalized spacial score (nSPS) is 24.7. The molecule has 2 aromatic heterocycles. The molecule has 4 atom stereocenters. The van der Waals surface area contributed by atoms with Crippen molar-refractivity contribution < 1.29 is 27.5 Å². The number of fused-ring (bicyclic) bond motifs is 1. The Kier molecular flexibility index (Phi) is 7.97. The number of ether oxygens (including phenoxy) is 1. The largest absolute Gasteiger partial charge is 0.471 e. The van der Waals surface area contributed by atoms with Crippen molar-refractivity contribution >= 4 is 50.1 Å². The highest BCUT2D eigenvalue weighted by molar-refractivity contribution is 7.91. The number of carbonyl (C=O) groups is 3. The van der Waals surface area contributed by atoms with Gasteiger partial charge in [-0.2, -0.15) is 0 Å². The molecule has 3 aliphatic rings. The van der Waals surface area contributed by atoms with Gasteiger partial charge in [0.15, 0.2) is 0 Å². The van der Waals surface area contributed by atoms with Gasteiger partial charge < -0.3 is 15.0 Å². The van der Waals surface area contributed by atoms with Crippen LogP contribution in [-0.4, -0.2) is 70.5 Å². The van der Waals surface area contributed by atoms with Crippen molar-refractivity contribution in [1.29, 1.82) is 0 Å². The van der Waals surface area contributed by atoms with Gasteiger partial charge in [-0.15, -0.1) is 17.9 Å². The van der Waals surface area contributed by atoms with Crippen molar-refractivity contribution in [2.45, 2.75) is 75.8 Å². The number of benzene rings is 1. The van der Waals surface area contributed by atoms with E-state index < -0.39 is 50.7 Å². The molecule has 3 aromatic rings. The summed E-state index contributed by atoms with van der Waals surface area (Å²) in [6.07, 6.45) is 2.50. The summed E-state index contributed by atoms with van der Waals surface area (Å²) in [4.78, 5) is 52.8. The molecule has 3 amide bonds. The van der Waals surface area contributed by atoms with Crippen LogP contribution in [0.2, 0.25) is 0 Å². The Labute approximate surface area is 266 Å². The molecule has 0 unspecified atom stereocenters. The second-order valence-electron chi connectivity index (χ2n) is 13.3. The third-order valence-corrected chi connectivity index (χ3v) is 11.1. The first-order valence-corrected chi connectivity index (χ1v) is 17.5. The van der Waals surface area contributed by atoms with Crippen LogP contribution in [0.4, 0.5) is 0 Å². The van der Waals surface area contributed by atoms with Crippen LogP contribution in [0.15, 0.2) is 54.4 Å². The van der Waals surface area contributed by atoms with Crippen LogP contribution in [0.3, 0.4) is 0 Å². The molecule has 3 heterocycles. The quantitative estimate of drug-likeness (QED) is 0.315. The fourth-order valence-electron chi connectivity index (χ4n) is 5.78. The highest BCUT2D eigenvalue weighted by Gasteiger charge is 2.62. The van der Waals surface area contributed by atoms with Crippen LogP contribution < -0.4 is 14.8 Å². The van der Waals surface area contributed by atoms with Crippen LogP contribution in [0, 0.1) is 11.3 Å². The SMILES string of the molecule is C=C[C@@H]1C[C@]1(NC(=O)[C@@H]1C[C@@H](Oc2nc3ccccc3nc2-c2cccs2)CN1C(=O)CC(C)(C)C)C(=O)NS(=O)(=O)C1CC1. The molecule has 6 rings (SSSR count). The molecule has 0 bridgehead atoms. The van der Waals surface area contributed by atoms with Crippen molar-refractivity contribution in [3.8, 4) is 16.5 Å². The number of rotatable bonds is 10.